The predicted molar refractivity (Wildman–Crippen MR) is 115 cm³/mol. The molecule has 0 saturated heterocycles. The summed E-state index contributed by atoms with van der Waals surface area (Å²) in [6, 6.07) is 7.49. The fourth-order valence-corrected chi connectivity index (χ4v) is 3.61. The van der Waals surface area contributed by atoms with E-state index in [1.165, 1.54) is 6.07 Å². The van der Waals surface area contributed by atoms with Gasteiger partial charge in [-0.15, -0.1) is 0 Å². The summed E-state index contributed by atoms with van der Waals surface area (Å²) in [6.07, 6.45) is 0. The number of halogens is 1. The number of ether oxygens (including phenoxy) is 1. The largest absolute Gasteiger partial charge is 0.490 e. The minimum atomic E-state index is -0.562. The highest BCUT2D eigenvalue weighted by atomic mass is 32.1. The van der Waals surface area contributed by atoms with Crippen LogP contribution in [0.15, 0.2) is 30.3 Å². The second kappa shape index (κ2) is 7.24. The summed E-state index contributed by atoms with van der Waals surface area (Å²) in [4.78, 5) is 33.1. The number of aromatic amines is 2. The number of amides is 2. The average molecular weight is 428 g/mol. The van der Waals surface area contributed by atoms with Crippen LogP contribution in [0.25, 0.3) is 11.0 Å². The second-order valence-corrected chi connectivity index (χ2v) is 8.56. The first-order chi connectivity index (χ1) is 14.1. The highest BCUT2D eigenvalue weighted by Crippen LogP contribution is 2.36. The van der Waals surface area contributed by atoms with Gasteiger partial charge in [0.25, 0.3) is 5.91 Å². The van der Waals surface area contributed by atoms with Crippen LogP contribution in [0.3, 0.4) is 0 Å². The lowest BCUT2D eigenvalue weighted by Crippen LogP contribution is -2.44. The molecule has 0 radical (unpaired) electrons. The number of hydrogen-bond donors (Lipinski definition) is 3. The monoisotopic (exact) mass is 428 g/mol. The summed E-state index contributed by atoms with van der Waals surface area (Å²) in [7, 11) is 0. The standard InChI is InChI=1S/C21H21FN4O3S/c1-21(2,3)19(28)26-6-7-29-16-5-4-12(10-15(16)26)23-18(27)13-8-11(22)9-14-17(13)25-20(30)24-14/h4-5,8-10H,6-7H2,1-3H3,(H,23,27)(H2,24,25,30). The van der Waals surface area contributed by atoms with Gasteiger partial charge in [0.2, 0.25) is 5.91 Å². The fourth-order valence-electron chi connectivity index (χ4n) is 3.40. The van der Waals surface area contributed by atoms with E-state index in [9.17, 15) is 14.0 Å². The molecule has 2 heterocycles. The van der Waals surface area contributed by atoms with Gasteiger partial charge in [0, 0.05) is 11.1 Å². The van der Waals surface area contributed by atoms with Gasteiger partial charge in [-0.3, -0.25) is 9.59 Å². The molecule has 0 atom stereocenters. The zero-order valence-corrected chi connectivity index (χ0v) is 17.6. The van der Waals surface area contributed by atoms with E-state index in [0.717, 1.165) is 6.07 Å². The molecule has 9 heteroatoms. The zero-order valence-electron chi connectivity index (χ0n) is 16.8. The van der Waals surface area contributed by atoms with Crippen molar-refractivity contribution in [1.82, 2.24) is 9.97 Å². The number of hydrogen-bond acceptors (Lipinski definition) is 4. The molecule has 0 saturated carbocycles. The van der Waals surface area contributed by atoms with Gasteiger partial charge in [-0.25, -0.2) is 4.39 Å². The zero-order chi connectivity index (χ0) is 21.6. The minimum Gasteiger partial charge on any atom is -0.490 e. The SMILES string of the molecule is CC(C)(C)C(=O)N1CCOc2ccc(NC(=O)c3cc(F)cc4[nH]c(=S)[nH]c34)cc21. The summed E-state index contributed by atoms with van der Waals surface area (Å²) in [6.45, 7) is 6.38. The Balaban J connectivity index is 1.68. The number of benzene rings is 2. The molecule has 1 aliphatic rings. The number of anilines is 2. The first-order valence-corrected chi connectivity index (χ1v) is 9.86. The summed E-state index contributed by atoms with van der Waals surface area (Å²) < 4.78 is 19.9. The van der Waals surface area contributed by atoms with E-state index in [4.69, 9.17) is 17.0 Å². The molecule has 30 heavy (non-hydrogen) atoms. The van der Waals surface area contributed by atoms with Crippen molar-refractivity contribution in [3.8, 4) is 5.75 Å². The van der Waals surface area contributed by atoms with Crippen molar-refractivity contribution in [2.24, 2.45) is 5.41 Å². The first kappa shape index (κ1) is 20.1. The van der Waals surface area contributed by atoms with Crippen molar-refractivity contribution in [2.45, 2.75) is 20.8 Å². The predicted octanol–water partition coefficient (Wildman–Crippen LogP) is 4.39. The lowest BCUT2D eigenvalue weighted by molar-refractivity contribution is -0.126. The van der Waals surface area contributed by atoms with Gasteiger partial charge < -0.3 is 24.9 Å². The van der Waals surface area contributed by atoms with Crippen LogP contribution < -0.4 is 15.0 Å². The Morgan fingerprint density at radius 1 is 1.20 bits per heavy atom. The summed E-state index contributed by atoms with van der Waals surface area (Å²) in [5.74, 6) is -0.532. The van der Waals surface area contributed by atoms with Gasteiger partial charge in [-0.2, -0.15) is 0 Å². The molecule has 3 N–H and O–H groups in total. The Morgan fingerprint density at radius 3 is 2.70 bits per heavy atom. The minimum absolute atomic E-state index is 0.0396. The van der Waals surface area contributed by atoms with E-state index in [2.05, 4.69) is 15.3 Å². The normalized spacial score (nSPS) is 13.7. The molecule has 156 valence electrons. The fraction of sp³-hybridized carbons (Fsp3) is 0.286. The van der Waals surface area contributed by atoms with E-state index in [1.807, 2.05) is 20.8 Å². The van der Waals surface area contributed by atoms with Crippen LogP contribution in [0.1, 0.15) is 31.1 Å². The van der Waals surface area contributed by atoms with Crippen molar-refractivity contribution in [3.63, 3.8) is 0 Å². The molecule has 0 fully saturated rings. The van der Waals surface area contributed by atoms with Crippen molar-refractivity contribution in [1.29, 1.82) is 0 Å². The van der Waals surface area contributed by atoms with E-state index in [-0.39, 0.29) is 11.5 Å². The molecular formula is C21H21FN4O3S. The molecule has 4 rings (SSSR count). The lowest BCUT2D eigenvalue weighted by Gasteiger charge is -2.34. The number of imidazole rings is 1. The molecule has 0 spiro atoms. The number of rotatable bonds is 2. The van der Waals surface area contributed by atoms with Crippen LogP contribution in [-0.2, 0) is 4.79 Å². The molecule has 2 amide bonds. The number of nitrogens with one attached hydrogen (secondary N) is 3. The Labute approximate surface area is 177 Å². The Hall–Kier alpha value is -3.20. The van der Waals surface area contributed by atoms with Crippen molar-refractivity contribution in [3.05, 3.63) is 46.5 Å². The second-order valence-electron chi connectivity index (χ2n) is 8.15. The third-order valence-electron chi connectivity index (χ3n) is 4.80. The number of H-pyrrole nitrogens is 2. The Kier molecular flexibility index (Phi) is 4.85. The molecule has 1 aromatic heterocycles. The molecular weight excluding hydrogens is 407 g/mol. The van der Waals surface area contributed by atoms with Gasteiger partial charge in [0.1, 0.15) is 18.2 Å². The number of aromatic nitrogens is 2. The van der Waals surface area contributed by atoms with Crippen LogP contribution in [0.2, 0.25) is 0 Å². The molecule has 1 aliphatic heterocycles. The third-order valence-corrected chi connectivity index (χ3v) is 5.01. The number of carbonyl (C=O) groups excluding carboxylic acids is 2. The van der Waals surface area contributed by atoms with E-state index in [0.29, 0.717) is 46.1 Å². The molecule has 2 aromatic carbocycles. The molecule has 7 nitrogen and oxygen atoms in total. The smallest absolute Gasteiger partial charge is 0.257 e. The van der Waals surface area contributed by atoms with E-state index < -0.39 is 17.1 Å². The lowest BCUT2D eigenvalue weighted by atomic mass is 9.94. The molecule has 0 bridgehead atoms. The molecule has 3 aromatic rings. The highest BCUT2D eigenvalue weighted by Gasteiger charge is 2.32. The van der Waals surface area contributed by atoms with Crippen molar-refractivity contribution >= 4 is 46.4 Å². The maximum Gasteiger partial charge on any atom is 0.257 e. The van der Waals surface area contributed by atoms with Gasteiger partial charge in [-0.1, -0.05) is 20.8 Å². The van der Waals surface area contributed by atoms with Crippen LogP contribution in [0, 0.1) is 16.0 Å². The summed E-state index contributed by atoms with van der Waals surface area (Å²) in [5, 5.41) is 2.77. The Bertz CT molecular complexity index is 1230. The maximum absolute atomic E-state index is 14.0. The van der Waals surface area contributed by atoms with E-state index >= 15 is 0 Å². The van der Waals surface area contributed by atoms with E-state index in [1.54, 1.807) is 23.1 Å². The first-order valence-electron chi connectivity index (χ1n) is 9.45. The van der Waals surface area contributed by atoms with Gasteiger partial charge in [0.05, 0.1) is 28.8 Å². The van der Waals surface area contributed by atoms with Crippen LogP contribution >= 0.6 is 12.2 Å². The third kappa shape index (κ3) is 3.68. The highest BCUT2D eigenvalue weighted by molar-refractivity contribution is 7.71. The average Bonchev–Trinajstić information content (AvgIpc) is 3.05. The summed E-state index contributed by atoms with van der Waals surface area (Å²) in [5.41, 5.74) is 1.43. The molecule has 0 aliphatic carbocycles. The maximum atomic E-state index is 14.0. The van der Waals surface area contributed by atoms with Crippen LogP contribution in [0.5, 0.6) is 5.75 Å². The topological polar surface area (TPSA) is 90.2 Å². The molecule has 0 unspecified atom stereocenters. The van der Waals surface area contributed by atoms with Gasteiger partial charge in [-0.05, 0) is 42.5 Å². The number of nitrogens with zero attached hydrogens (tertiary/aromatic N) is 1. The number of fused-ring (bicyclic) bond motifs is 2. The quantitative estimate of drug-likeness (QED) is 0.528. The summed E-state index contributed by atoms with van der Waals surface area (Å²) >= 11 is 5.05. The van der Waals surface area contributed by atoms with Gasteiger partial charge >= 0.3 is 0 Å². The van der Waals surface area contributed by atoms with Crippen molar-refractivity contribution < 1.29 is 18.7 Å². The number of carbonyl (C=O) groups is 2. The van der Waals surface area contributed by atoms with Gasteiger partial charge in [0.15, 0.2) is 4.77 Å². The van der Waals surface area contributed by atoms with Crippen molar-refractivity contribution in [2.75, 3.05) is 23.4 Å². The van der Waals surface area contributed by atoms with Crippen LogP contribution in [0.4, 0.5) is 15.8 Å². The Morgan fingerprint density at radius 2 is 1.97 bits per heavy atom. The van der Waals surface area contributed by atoms with Crippen LogP contribution in [-0.4, -0.2) is 34.9 Å².